The molecule has 0 amide bonds. The minimum absolute atomic E-state index is 0.0227. The Morgan fingerprint density at radius 1 is 1.50 bits per heavy atom. The lowest BCUT2D eigenvalue weighted by molar-refractivity contribution is -0.147. The largest absolute Gasteiger partial charge is 0.481 e. The topological polar surface area (TPSA) is 49.8 Å². The fraction of sp³-hybridized carbons (Fsp3) is 0.929. The first-order chi connectivity index (χ1) is 8.38. The van der Waals surface area contributed by atoms with E-state index in [9.17, 15) is 9.90 Å². The molecule has 0 saturated carbocycles. The lowest BCUT2D eigenvalue weighted by Gasteiger charge is -2.41. The van der Waals surface area contributed by atoms with Gasteiger partial charge in [0.05, 0.1) is 11.0 Å². The highest BCUT2D eigenvalue weighted by atomic mass is 16.5. The van der Waals surface area contributed by atoms with Crippen LogP contribution in [0.1, 0.15) is 46.5 Å². The van der Waals surface area contributed by atoms with E-state index in [0.717, 1.165) is 38.8 Å². The Kier molecular flexibility index (Phi) is 3.70. The number of ether oxygens (including phenoxy) is 1. The van der Waals surface area contributed by atoms with Gasteiger partial charge in [-0.05, 0) is 46.1 Å². The van der Waals surface area contributed by atoms with Gasteiger partial charge in [-0.1, -0.05) is 6.92 Å². The summed E-state index contributed by atoms with van der Waals surface area (Å²) in [6.07, 6.45) is 3.85. The first kappa shape index (κ1) is 13.8. The van der Waals surface area contributed by atoms with Crippen molar-refractivity contribution >= 4 is 5.97 Å². The molecule has 104 valence electrons. The first-order valence-electron chi connectivity index (χ1n) is 7.00. The number of carboxylic acids is 1. The SMILES string of the molecule is CCC1(C)CC(N2CCC(C)(C(=O)O)C2)CCO1. The van der Waals surface area contributed by atoms with Crippen molar-refractivity contribution in [2.75, 3.05) is 19.7 Å². The molecular weight excluding hydrogens is 230 g/mol. The van der Waals surface area contributed by atoms with Gasteiger partial charge in [-0.2, -0.15) is 0 Å². The summed E-state index contributed by atoms with van der Waals surface area (Å²) in [7, 11) is 0. The fourth-order valence-corrected chi connectivity index (χ4v) is 3.14. The van der Waals surface area contributed by atoms with Crippen LogP contribution in [0.5, 0.6) is 0 Å². The molecule has 0 spiro atoms. The Bertz CT molecular complexity index is 333. The molecule has 18 heavy (non-hydrogen) atoms. The van der Waals surface area contributed by atoms with Crippen LogP contribution in [-0.2, 0) is 9.53 Å². The third-order valence-electron chi connectivity index (χ3n) is 4.85. The van der Waals surface area contributed by atoms with Crippen molar-refractivity contribution in [3.63, 3.8) is 0 Å². The molecule has 0 radical (unpaired) electrons. The Morgan fingerprint density at radius 2 is 2.22 bits per heavy atom. The van der Waals surface area contributed by atoms with Gasteiger partial charge in [-0.3, -0.25) is 9.69 Å². The molecule has 3 atom stereocenters. The minimum Gasteiger partial charge on any atom is -0.481 e. The monoisotopic (exact) mass is 255 g/mol. The third-order valence-corrected chi connectivity index (χ3v) is 4.85. The summed E-state index contributed by atoms with van der Waals surface area (Å²) in [5.74, 6) is -0.657. The van der Waals surface area contributed by atoms with E-state index in [4.69, 9.17) is 4.74 Å². The highest BCUT2D eigenvalue weighted by Crippen LogP contribution is 2.36. The zero-order chi connectivity index (χ0) is 13.4. The number of hydrogen-bond donors (Lipinski definition) is 1. The quantitative estimate of drug-likeness (QED) is 0.839. The van der Waals surface area contributed by atoms with Crippen LogP contribution < -0.4 is 0 Å². The molecule has 0 aromatic carbocycles. The average molecular weight is 255 g/mol. The van der Waals surface area contributed by atoms with E-state index in [-0.39, 0.29) is 5.60 Å². The van der Waals surface area contributed by atoms with Gasteiger partial charge in [-0.25, -0.2) is 0 Å². The normalized spacial score (nSPS) is 42.1. The second-order valence-electron chi connectivity index (χ2n) is 6.38. The summed E-state index contributed by atoms with van der Waals surface area (Å²) in [6.45, 7) is 8.60. The molecule has 0 bridgehead atoms. The Hall–Kier alpha value is -0.610. The molecule has 1 N–H and O–H groups in total. The van der Waals surface area contributed by atoms with Gasteiger partial charge in [0.25, 0.3) is 0 Å². The Morgan fingerprint density at radius 3 is 2.78 bits per heavy atom. The van der Waals surface area contributed by atoms with Crippen LogP contribution >= 0.6 is 0 Å². The van der Waals surface area contributed by atoms with Gasteiger partial charge in [0.1, 0.15) is 0 Å². The minimum atomic E-state index is -0.657. The molecule has 2 aliphatic rings. The smallest absolute Gasteiger partial charge is 0.310 e. The van der Waals surface area contributed by atoms with Crippen molar-refractivity contribution < 1.29 is 14.6 Å². The number of nitrogens with zero attached hydrogens (tertiary/aromatic N) is 1. The zero-order valence-electron chi connectivity index (χ0n) is 11.7. The molecule has 0 aliphatic carbocycles. The highest BCUT2D eigenvalue weighted by Gasteiger charge is 2.44. The molecule has 4 nitrogen and oxygen atoms in total. The van der Waals surface area contributed by atoms with Crippen LogP contribution in [0.3, 0.4) is 0 Å². The number of aliphatic carboxylic acids is 1. The standard InChI is InChI=1S/C14H25NO3/c1-4-14(3)9-11(5-8-18-14)15-7-6-13(2,10-15)12(16)17/h11H,4-10H2,1-3H3,(H,16,17). The molecule has 3 unspecified atom stereocenters. The van der Waals surface area contributed by atoms with E-state index in [1.807, 2.05) is 6.92 Å². The molecule has 4 heteroatoms. The molecule has 0 aromatic rings. The van der Waals surface area contributed by atoms with Crippen molar-refractivity contribution in [1.29, 1.82) is 0 Å². The van der Waals surface area contributed by atoms with Gasteiger partial charge in [0.2, 0.25) is 0 Å². The summed E-state index contributed by atoms with van der Waals surface area (Å²) in [4.78, 5) is 13.6. The van der Waals surface area contributed by atoms with E-state index < -0.39 is 11.4 Å². The van der Waals surface area contributed by atoms with E-state index >= 15 is 0 Å². The molecule has 2 aliphatic heterocycles. The fourth-order valence-electron chi connectivity index (χ4n) is 3.14. The number of rotatable bonds is 3. The second kappa shape index (κ2) is 4.82. The predicted molar refractivity (Wildman–Crippen MR) is 69.6 cm³/mol. The van der Waals surface area contributed by atoms with Crippen LogP contribution in [0.2, 0.25) is 0 Å². The van der Waals surface area contributed by atoms with Gasteiger partial charge < -0.3 is 9.84 Å². The highest BCUT2D eigenvalue weighted by molar-refractivity contribution is 5.74. The van der Waals surface area contributed by atoms with E-state index in [0.29, 0.717) is 12.6 Å². The summed E-state index contributed by atoms with van der Waals surface area (Å²) in [5.41, 5.74) is -0.577. The average Bonchev–Trinajstić information content (AvgIpc) is 2.74. The number of carboxylic acid groups (broad SMARTS) is 1. The lowest BCUT2D eigenvalue weighted by Crippen LogP contribution is -2.47. The van der Waals surface area contributed by atoms with Crippen LogP contribution in [0.15, 0.2) is 0 Å². The zero-order valence-corrected chi connectivity index (χ0v) is 11.7. The van der Waals surface area contributed by atoms with Crippen LogP contribution in [0.4, 0.5) is 0 Å². The Balaban J connectivity index is 1.99. The molecule has 0 aromatic heterocycles. The number of carbonyl (C=O) groups is 1. The maximum atomic E-state index is 11.3. The second-order valence-corrected chi connectivity index (χ2v) is 6.38. The van der Waals surface area contributed by atoms with Crippen molar-refractivity contribution in [2.45, 2.75) is 58.1 Å². The van der Waals surface area contributed by atoms with Crippen molar-refractivity contribution in [2.24, 2.45) is 5.41 Å². The van der Waals surface area contributed by atoms with E-state index in [1.54, 1.807) is 0 Å². The van der Waals surface area contributed by atoms with Crippen molar-refractivity contribution in [1.82, 2.24) is 4.90 Å². The first-order valence-corrected chi connectivity index (χ1v) is 7.00. The summed E-state index contributed by atoms with van der Waals surface area (Å²) < 4.78 is 5.86. The molecule has 2 rings (SSSR count). The maximum Gasteiger partial charge on any atom is 0.310 e. The summed E-state index contributed by atoms with van der Waals surface area (Å²) >= 11 is 0. The van der Waals surface area contributed by atoms with Gasteiger partial charge in [0, 0.05) is 19.2 Å². The van der Waals surface area contributed by atoms with Crippen molar-refractivity contribution in [3.8, 4) is 0 Å². The van der Waals surface area contributed by atoms with Gasteiger partial charge in [0.15, 0.2) is 0 Å². The number of likely N-dealkylation sites (tertiary alicyclic amines) is 1. The maximum absolute atomic E-state index is 11.3. The summed E-state index contributed by atoms with van der Waals surface area (Å²) in [5, 5.41) is 9.29. The van der Waals surface area contributed by atoms with Crippen molar-refractivity contribution in [3.05, 3.63) is 0 Å². The molecule has 2 saturated heterocycles. The molecule has 2 fully saturated rings. The third kappa shape index (κ3) is 2.54. The van der Waals surface area contributed by atoms with Gasteiger partial charge >= 0.3 is 5.97 Å². The van der Waals surface area contributed by atoms with E-state index in [2.05, 4.69) is 18.7 Å². The van der Waals surface area contributed by atoms with Crippen LogP contribution in [0.25, 0.3) is 0 Å². The molecule has 2 heterocycles. The summed E-state index contributed by atoms with van der Waals surface area (Å²) in [6, 6.07) is 0.491. The molecular formula is C14H25NO3. The van der Waals surface area contributed by atoms with E-state index in [1.165, 1.54) is 0 Å². The van der Waals surface area contributed by atoms with Crippen LogP contribution in [0, 0.1) is 5.41 Å². The predicted octanol–water partition coefficient (Wildman–Crippen LogP) is 2.13. The van der Waals surface area contributed by atoms with Crippen LogP contribution in [-0.4, -0.2) is 47.3 Å². The number of hydrogen-bond acceptors (Lipinski definition) is 3. The Labute approximate surface area is 109 Å². The lowest BCUT2D eigenvalue weighted by atomic mass is 9.88. The van der Waals surface area contributed by atoms with Gasteiger partial charge in [-0.15, -0.1) is 0 Å².